The molecule has 21 heavy (non-hydrogen) atoms. The molecule has 4 heterocycles. The first kappa shape index (κ1) is 12.7. The van der Waals surface area contributed by atoms with Gasteiger partial charge in [0, 0.05) is 48.2 Å². The summed E-state index contributed by atoms with van der Waals surface area (Å²) in [6, 6.07) is 8.42. The average Bonchev–Trinajstić information content (AvgIpc) is 2.76. The van der Waals surface area contributed by atoms with Crippen molar-refractivity contribution in [3.63, 3.8) is 0 Å². The van der Waals surface area contributed by atoms with Crippen molar-refractivity contribution in [2.45, 2.75) is 19.8 Å². The molecule has 2 aromatic rings. The van der Waals surface area contributed by atoms with Crippen molar-refractivity contribution in [1.82, 2.24) is 9.47 Å². The molecule has 0 saturated carbocycles. The zero-order valence-electron chi connectivity index (χ0n) is 12.6. The van der Waals surface area contributed by atoms with Crippen LogP contribution in [0.15, 0.2) is 30.0 Å². The monoisotopic (exact) mass is 280 g/mol. The van der Waals surface area contributed by atoms with Gasteiger partial charge in [-0.3, -0.25) is 4.79 Å². The zero-order valence-corrected chi connectivity index (χ0v) is 12.6. The minimum atomic E-state index is 0.261. The maximum Gasteiger partial charge on any atom is 0.182 e. The molecule has 0 amide bonds. The van der Waals surface area contributed by atoms with Gasteiger partial charge in [-0.2, -0.15) is 0 Å². The van der Waals surface area contributed by atoms with Gasteiger partial charge in [-0.1, -0.05) is 18.2 Å². The molecule has 3 heteroatoms. The normalized spacial score (nSPS) is 21.0. The van der Waals surface area contributed by atoms with Gasteiger partial charge in [0.05, 0.1) is 5.70 Å². The first-order valence-electron chi connectivity index (χ1n) is 7.71. The molecule has 1 aromatic carbocycles. The number of piperidine rings is 3. The summed E-state index contributed by atoms with van der Waals surface area (Å²) >= 11 is 0. The molecule has 3 fully saturated rings. The molecule has 0 spiro atoms. The van der Waals surface area contributed by atoms with E-state index in [0.717, 1.165) is 31.6 Å². The number of carbonyl (C=O) groups is 1. The number of hydrogen-bond acceptors (Lipinski definition) is 2. The van der Waals surface area contributed by atoms with E-state index in [9.17, 15) is 4.79 Å². The minimum absolute atomic E-state index is 0.261. The molecular weight excluding hydrogens is 260 g/mol. The second kappa shape index (κ2) is 4.48. The summed E-state index contributed by atoms with van der Waals surface area (Å²) in [5, 5.41) is 1.24. The molecule has 0 aliphatic carbocycles. The summed E-state index contributed by atoms with van der Waals surface area (Å²) in [5.74, 6) is 0.608. The summed E-state index contributed by atoms with van der Waals surface area (Å²) in [5.41, 5.74) is 4.57. The van der Waals surface area contributed by atoms with Gasteiger partial charge >= 0.3 is 0 Å². The molecule has 3 nitrogen and oxygen atoms in total. The fourth-order valence-corrected chi connectivity index (χ4v) is 3.78. The number of Topliss-reactive ketones (excluding diaryl/α,β-unsaturated/α-hetero) is 1. The van der Waals surface area contributed by atoms with E-state index < -0.39 is 0 Å². The van der Waals surface area contributed by atoms with Crippen LogP contribution in [0.3, 0.4) is 0 Å². The van der Waals surface area contributed by atoms with E-state index in [1.807, 2.05) is 0 Å². The lowest BCUT2D eigenvalue weighted by atomic mass is 9.84. The van der Waals surface area contributed by atoms with E-state index in [4.69, 9.17) is 0 Å². The number of nitrogens with zero attached hydrogens (tertiary/aromatic N) is 2. The standard InChI is InChI=1S/C18H20N2O/c1-12-15(14-5-3-4-6-16(14)19(12)2)11-17-18(21)13-7-9-20(17)10-8-13/h3-6,11,13H,7-10H2,1-2H3/b17-11-. The molecule has 5 rings (SSSR count). The lowest BCUT2D eigenvalue weighted by Crippen LogP contribution is -2.45. The fourth-order valence-electron chi connectivity index (χ4n) is 3.78. The fraction of sp³-hybridized carbons (Fsp3) is 0.389. The van der Waals surface area contributed by atoms with Crippen LogP contribution >= 0.6 is 0 Å². The molecule has 3 saturated heterocycles. The Morgan fingerprint density at radius 3 is 2.62 bits per heavy atom. The quantitative estimate of drug-likeness (QED) is 0.750. The van der Waals surface area contributed by atoms with Gasteiger partial charge in [0.1, 0.15) is 0 Å². The predicted molar refractivity (Wildman–Crippen MR) is 84.9 cm³/mol. The highest BCUT2D eigenvalue weighted by molar-refractivity contribution is 6.04. The molecule has 0 atom stereocenters. The number of benzene rings is 1. The largest absolute Gasteiger partial charge is 0.369 e. The van der Waals surface area contributed by atoms with Gasteiger partial charge in [-0.05, 0) is 31.9 Å². The van der Waals surface area contributed by atoms with Crippen LogP contribution in [0.2, 0.25) is 0 Å². The Labute approximate surface area is 124 Å². The van der Waals surface area contributed by atoms with Crippen LogP contribution in [0, 0.1) is 12.8 Å². The van der Waals surface area contributed by atoms with Crippen LogP contribution < -0.4 is 0 Å². The van der Waals surface area contributed by atoms with Crippen LogP contribution in [0.1, 0.15) is 24.1 Å². The molecule has 3 aliphatic heterocycles. The number of aromatic nitrogens is 1. The number of allylic oxidation sites excluding steroid dienone is 1. The smallest absolute Gasteiger partial charge is 0.182 e. The number of para-hydroxylation sites is 1. The summed E-state index contributed by atoms with van der Waals surface area (Å²) in [4.78, 5) is 14.8. The molecule has 2 bridgehead atoms. The van der Waals surface area contributed by atoms with Gasteiger partial charge in [0.2, 0.25) is 0 Å². The van der Waals surface area contributed by atoms with Gasteiger partial charge in [0.25, 0.3) is 0 Å². The third-order valence-corrected chi connectivity index (χ3v) is 5.19. The molecular formula is C18H20N2O. The maximum absolute atomic E-state index is 12.5. The van der Waals surface area contributed by atoms with Crippen LogP contribution in [-0.4, -0.2) is 28.3 Å². The summed E-state index contributed by atoms with van der Waals surface area (Å²) in [7, 11) is 2.09. The van der Waals surface area contributed by atoms with Gasteiger partial charge in [-0.25, -0.2) is 0 Å². The number of rotatable bonds is 1. The van der Waals surface area contributed by atoms with E-state index in [0.29, 0.717) is 5.78 Å². The van der Waals surface area contributed by atoms with Crippen LogP contribution in [0.4, 0.5) is 0 Å². The second-order valence-electron chi connectivity index (χ2n) is 6.23. The van der Waals surface area contributed by atoms with Crippen molar-refractivity contribution < 1.29 is 4.79 Å². The Morgan fingerprint density at radius 1 is 1.19 bits per heavy atom. The molecule has 0 radical (unpaired) electrons. The van der Waals surface area contributed by atoms with Crippen LogP contribution in [0.5, 0.6) is 0 Å². The first-order valence-corrected chi connectivity index (χ1v) is 7.71. The second-order valence-corrected chi connectivity index (χ2v) is 6.23. The topological polar surface area (TPSA) is 25.2 Å². The lowest BCUT2D eigenvalue weighted by molar-refractivity contribution is -0.125. The minimum Gasteiger partial charge on any atom is -0.369 e. The molecule has 108 valence electrons. The average molecular weight is 280 g/mol. The van der Waals surface area contributed by atoms with E-state index >= 15 is 0 Å². The van der Waals surface area contributed by atoms with Crippen molar-refractivity contribution in [3.05, 3.63) is 41.2 Å². The maximum atomic E-state index is 12.5. The SMILES string of the molecule is Cc1c(/C=C2/C(=O)C3CCN2CC3)c2ccccc2n1C. The highest BCUT2D eigenvalue weighted by Crippen LogP contribution is 2.34. The number of ketones is 1. The number of hydrogen-bond donors (Lipinski definition) is 0. The predicted octanol–water partition coefficient (Wildman–Crippen LogP) is 3.12. The van der Waals surface area contributed by atoms with E-state index in [1.54, 1.807) is 0 Å². The first-order chi connectivity index (χ1) is 10.2. The lowest BCUT2D eigenvalue weighted by Gasteiger charge is -2.41. The third-order valence-electron chi connectivity index (χ3n) is 5.19. The van der Waals surface area contributed by atoms with E-state index in [2.05, 4.69) is 53.8 Å². The Kier molecular flexibility index (Phi) is 2.71. The Hall–Kier alpha value is -2.03. The summed E-state index contributed by atoms with van der Waals surface area (Å²) in [6.07, 6.45) is 4.20. The Balaban J connectivity index is 1.90. The molecule has 1 aromatic heterocycles. The van der Waals surface area contributed by atoms with Crippen molar-refractivity contribution in [2.75, 3.05) is 13.1 Å². The Bertz CT molecular complexity index is 761. The van der Waals surface area contributed by atoms with Crippen molar-refractivity contribution >= 4 is 22.8 Å². The highest BCUT2D eigenvalue weighted by atomic mass is 16.1. The zero-order chi connectivity index (χ0) is 14.6. The van der Waals surface area contributed by atoms with Crippen molar-refractivity contribution in [1.29, 1.82) is 0 Å². The van der Waals surface area contributed by atoms with Gasteiger partial charge in [0.15, 0.2) is 5.78 Å². The molecule has 0 unspecified atom stereocenters. The number of carbonyl (C=O) groups excluding carboxylic acids is 1. The number of fused-ring (bicyclic) bond motifs is 4. The number of aryl methyl sites for hydroxylation is 1. The molecule has 3 aliphatic rings. The summed E-state index contributed by atoms with van der Waals surface area (Å²) in [6.45, 7) is 4.20. The van der Waals surface area contributed by atoms with Gasteiger partial charge < -0.3 is 9.47 Å². The van der Waals surface area contributed by atoms with E-state index in [1.165, 1.54) is 22.2 Å². The Morgan fingerprint density at radius 2 is 1.90 bits per heavy atom. The third kappa shape index (κ3) is 1.76. The van der Waals surface area contributed by atoms with Crippen molar-refractivity contribution in [2.24, 2.45) is 13.0 Å². The highest BCUT2D eigenvalue weighted by Gasteiger charge is 2.36. The van der Waals surface area contributed by atoms with Gasteiger partial charge in [-0.15, -0.1) is 0 Å². The van der Waals surface area contributed by atoms with Crippen LogP contribution in [-0.2, 0) is 11.8 Å². The van der Waals surface area contributed by atoms with E-state index in [-0.39, 0.29) is 5.92 Å². The summed E-state index contributed by atoms with van der Waals surface area (Å²) < 4.78 is 2.21. The van der Waals surface area contributed by atoms with Crippen molar-refractivity contribution in [3.8, 4) is 0 Å². The van der Waals surface area contributed by atoms with Crippen LogP contribution in [0.25, 0.3) is 17.0 Å². The molecule has 0 N–H and O–H groups in total.